The number of anilines is 1. The zero-order chi connectivity index (χ0) is 13.1. The van der Waals surface area contributed by atoms with Gasteiger partial charge in [0.25, 0.3) is 0 Å². The van der Waals surface area contributed by atoms with E-state index in [4.69, 9.17) is 5.73 Å². The molecule has 2 N–H and O–H groups in total. The summed E-state index contributed by atoms with van der Waals surface area (Å²) in [6, 6.07) is 2.04. The van der Waals surface area contributed by atoms with Gasteiger partial charge in [0.1, 0.15) is 13.9 Å². The molecule has 0 unspecified atom stereocenters. The molecule has 0 saturated heterocycles. The van der Waals surface area contributed by atoms with Crippen LogP contribution < -0.4 is 5.73 Å². The molecule has 1 rings (SSSR count). The van der Waals surface area contributed by atoms with Crippen LogP contribution in [0.1, 0.15) is 11.1 Å². The number of rotatable bonds is 2. The lowest BCUT2D eigenvalue weighted by atomic mass is 10.2. The van der Waals surface area contributed by atoms with E-state index in [9.17, 15) is 0 Å². The fraction of sp³-hybridized carbons (Fsp3) is 0.462. The number of hydrogen-bond acceptors (Lipinski definition) is 3. The molecule has 92 valence electrons. The lowest BCUT2D eigenvalue weighted by Crippen LogP contribution is -2.16. The van der Waals surface area contributed by atoms with Crippen LogP contribution in [0.3, 0.4) is 0 Å². The molecule has 4 heteroatoms. The topological polar surface area (TPSA) is 42.2 Å². The van der Waals surface area contributed by atoms with Gasteiger partial charge < -0.3 is 10.6 Å². The Morgan fingerprint density at radius 1 is 1.35 bits per heavy atom. The Labute approximate surface area is 105 Å². The van der Waals surface area contributed by atoms with E-state index in [1.54, 1.807) is 0 Å². The minimum Gasteiger partial charge on any atom is -0.383 e. The molecule has 17 heavy (non-hydrogen) atoms. The molecule has 0 amide bonds. The summed E-state index contributed by atoms with van der Waals surface area (Å²) in [4.78, 5) is 6.30. The molecule has 0 aliphatic heterocycles. The van der Waals surface area contributed by atoms with Gasteiger partial charge in [0.05, 0.1) is 5.56 Å². The summed E-state index contributed by atoms with van der Waals surface area (Å²) >= 11 is 0. The molecule has 0 atom stereocenters. The van der Waals surface area contributed by atoms with Crippen molar-refractivity contribution in [1.29, 1.82) is 0 Å². The predicted molar refractivity (Wildman–Crippen MR) is 76.3 cm³/mol. The van der Waals surface area contributed by atoms with Gasteiger partial charge in [0, 0.05) is 12.7 Å². The molecule has 0 aliphatic carbocycles. The maximum absolute atomic E-state index is 5.84. The van der Waals surface area contributed by atoms with Gasteiger partial charge in [0.15, 0.2) is 0 Å². The van der Waals surface area contributed by atoms with Gasteiger partial charge in [-0.15, -0.1) is 5.54 Å². The molecular formula is C13H21N3Si. The Morgan fingerprint density at radius 3 is 2.53 bits per heavy atom. The molecular weight excluding hydrogens is 226 g/mol. The summed E-state index contributed by atoms with van der Waals surface area (Å²) in [7, 11) is 2.70. The SMILES string of the molecule is CN(C)Cc1cnc(N)c(C#C[Si](C)(C)C)c1. The van der Waals surface area contributed by atoms with E-state index in [0.29, 0.717) is 5.82 Å². The maximum Gasteiger partial charge on any atom is 0.139 e. The maximum atomic E-state index is 5.84. The Morgan fingerprint density at radius 2 is 2.00 bits per heavy atom. The second kappa shape index (κ2) is 5.35. The first kappa shape index (κ1) is 13.8. The average molecular weight is 247 g/mol. The van der Waals surface area contributed by atoms with Crippen LogP contribution in [0.5, 0.6) is 0 Å². The standard InChI is InChI=1S/C13H21N3Si/c1-16(2)10-11-8-12(13(14)15-9-11)6-7-17(3,4)5/h8-9H,10H2,1-5H3,(H2,14,15). The van der Waals surface area contributed by atoms with Gasteiger partial charge in [-0.3, -0.25) is 0 Å². The average Bonchev–Trinajstić information content (AvgIpc) is 2.17. The predicted octanol–water partition coefficient (Wildman–Crippen LogP) is 1.95. The smallest absolute Gasteiger partial charge is 0.139 e. The molecule has 0 aliphatic rings. The van der Waals surface area contributed by atoms with Crippen LogP contribution in [-0.4, -0.2) is 32.1 Å². The first-order chi connectivity index (χ1) is 7.78. The molecule has 1 heterocycles. The Kier molecular flexibility index (Phi) is 4.32. The lowest BCUT2D eigenvalue weighted by molar-refractivity contribution is 0.402. The van der Waals surface area contributed by atoms with Gasteiger partial charge in [-0.05, 0) is 25.7 Å². The van der Waals surface area contributed by atoms with Crippen molar-refractivity contribution in [2.75, 3.05) is 19.8 Å². The van der Waals surface area contributed by atoms with Crippen LogP contribution in [-0.2, 0) is 6.54 Å². The zero-order valence-electron chi connectivity index (χ0n) is 11.3. The quantitative estimate of drug-likeness (QED) is 0.641. The molecule has 0 fully saturated rings. The zero-order valence-corrected chi connectivity index (χ0v) is 12.3. The number of nitrogen functional groups attached to an aromatic ring is 1. The molecule has 3 nitrogen and oxygen atoms in total. The van der Waals surface area contributed by atoms with Crippen LogP contribution in [0.4, 0.5) is 5.82 Å². The Hall–Kier alpha value is -1.31. The van der Waals surface area contributed by atoms with Gasteiger partial charge >= 0.3 is 0 Å². The van der Waals surface area contributed by atoms with Crippen molar-refractivity contribution in [2.45, 2.75) is 26.2 Å². The third kappa shape index (κ3) is 5.03. The van der Waals surface area contributed by atoms with Crippen LogP contribution in [0.25, 0.3) is 0 Å². The second-order valence-electron chi connectivity index (χ2n) is 5.51. The first-order valence-electron chi connectivity index (χ1n) is 5.70. The summed E-state index contributed by atoms with van der Waals surface area (Å²) in [6.07, 6.45) is 1.81. The lowest BCUT2D eigenvalue weighted by Gasteiger charge is -2.10. The van der Waals surface area contributed by atoms with Crippen molar-refractivity contribution in [3.63, 3.8) is 0 Å². The highest BCUT2D eigenvalue weighted by Crippen LogP contribution is 2.11. The van der Waals surface area contributed by atoms with Gasteiger partial charge in [-0.25, -0.2) is 4.98 Å². The van der Waals surface area contributed by atoms with E-state index >= 15 is 0 Å². The summed E-state index contributed by atoms with van der Waals surface area (Å²) in [5.74, 6) is 3.70. The number of aromatic nitrogens is 1. The Bertz CT molecular complexity index is 450. The summed E-state index contributed by atoms with van der Waals surface area (Å²) < 4.78 is 0. The molecule has 1 aromatic rings. The third-order valence-electron chi connectivity index (χ3n) is 2.05. The van der Waals surface area contributed by atoms with E-state index in [-0.39, 0.29) is 0 Å². The van der Waals surface area contributed by atoms with Crippen molar-refractivity contribution in [2.24, 2.45) is 0 Å². The number of nitrogens with zero attached hydrogens (tertiary/aromatic N) is 2. The highest BCUT2D eigenvalue weighted by Gasteiger charge is 2.08. The van der Waals surface area contributed by atoms with Crippen LogP contribution in [0.15, 0.2) is 12.3 Å². The minimum atomic E-state index is -1.37. The minimum absolute atomic E-state index is 0.526. The number of pyridine rings is 1. The molecule has 0 radical (unpaired) electrons. The van der Waals surface area contributed by atoms with Crippen molar-refractivity contribution in [1.82, 2.24) is 9.88 Å². The van der Waals surface area contributed by atoms with Gasteiger partial charge in [0.2, 0.25) is 0 Å². The van der Waals surface area contributed by atoms with E-state index < -0.39 is 8.07 Å². The van der Waals surface area contributed by atoms with Crippen LogP contribution in [0, 0.1) is 11.5 Å². The van der Waals surface area contributed by atoms with E-state index in [0.717, 1.165) is 17.7 Å². The second-order valence-corrected chi connectivity index (χ2v) is 10.3. The van der Waals surface area contributed by atoms with Crippen LogP contribution >= 0.6 is 0 Å². The normalized spacial score (nSPS) is 11.2. The first-order valence-corrected chi connectivity index (χ1v) is 9.20. The summed E-state index contributed by atoms with van der Waals surface area (Å²) in [5, 5.41) is 0. The highest BCUT2D eigenvalue weighted by molar-refractivity contribution is 6.83. The highest BCUT2D eigenvalue weighted by atomic mass is 28.3. The van der Waals surface area contributed by atoms with Crippen LogP contribution in [0.2, 0.25) is 19.6 Å². The van der Waals surface area contributed by atoms with E-state index in [2.05, 4.69) is 41.0 Å². The summed E-state index contributed by atoms with van der Waals surface area (Å²) in [5.41, 5.74) is 11.1. The third-order valence-corrected chi connectivity index (χ3v) is 2.92. The van der Waals surface area contributed by atoms with Crippen molar-refractivity contribution in [3.05, 3.63) is 23.4 Å². The largest absolute Gasteiger partial charge is 0.383 e. The number of nitrogens with two attached hydrogens (primary N) is 1. The number of hydrogen-bond donors (Lipinski definition) is 1. The fourth-order valence-electron chi connectivity index (χ4n) is 1.33. The van der Waals surface area contributed by atoms with Crippen molar-refractivity contribution in [3.8, 4) is 11.5 Å². The molecule has 0 saturated carbocycles. The van der Waals surface area contributed by atoms with E-state index in [1.165, 1.54) is 0 Å². The van der Waals surface area contributed by atoms with Gasteiger partial charge in [-0.1, -0.05) is 25.6 Å². The van der Waals surface area contributed by atoms with Crippen molar-refractivity contribution >= 4 is 13.9 Å². The Balaban J connectivity index is 3.01. The molecule has 1 aromatic heterocycles. The van der Waals surface area contributed by atoms with Gasteiger partial charge in [-0.2, -0.15) is 0 Å². The molecule has 0 aromatic carbocycles. The van der Waals surface area contributed by atoms with Crippen molar-refractivity contribution < 1.29 is 0 Å². The van der Waals surface area contributed by atoms with E-state index in [1.807, 2.05) is 26.4 Å². The molecule has 0 bridgehead atoms. The summed E-state index contributed by atoms with van der Waals surface area (Å²) in [6.45, 7) is 7.50. The molecule has 0 spiro atoms. The fourth-order valence-corrected chi connectivity index (χ4v) is 1.83. The monoisotopic (exact) mass is 247 g/mol.